The van der Waals surface area contributed by atoms with Gasteiger partial charge >= 0.3 is 0 Å². The molecule has 9 heteroatoms. The van der Waals surface area contributed by atoms with E-state index in [2.05, 4.69) is 17.0 Å². The zero-order valence-corrected chi connectivity index (χ0v) is 22.7. The molecule has 0 aromatic heterocycles. The number of nitrogens with zero attached hydrogens (tertiary/aromatic N) is 3. The van der Waals surface area contributed by atoms with Crippen molar-refractivity contribution in [3.8, 4) is 11.5 Å². The van der Waals surface area contributed by atoms with E-state index in [1.54, 1.807) is 23.5 Å². The average Bonchev–Trinajstić information content (AvgIpc) is 3.35. The van der Waals surface area contributed by atoms with Crippen LogP contribution < -0.4 is 9.47 Å². The van der Waals surface area contributed by atoms with Crippen molar-refractivity contribution in [3.63, 3.8) is 0 Å². The van der Waals surface area contributed by atoms with Crippen LogP contribution in [0.3, 0.4) is 0 Å². The Bertz CT molecular complexity index is 1300. The average molecular weight is 538 g/mol. The van der Waals surface area contributed by atoms with Gasteiger partial charge in [0, 0.05) is 39.8 Å². The highest BCUT2D eigenvalue weighted by atomic mass is 32.2. The normalized spacial score (nSPS) is 21.4. The second kappa shape index (κ2) is 11.8. The maximum Gasteiger partial charge on any atom is 0.221 e. The van der Waals surface area contributed by atoms with Crippen LogP contribution in [0.2, 0.25) is 0 Å². The number of hydrogen-bond acceptors (Lipinski definition) is 7. The third kappa shape index (κ3) is 5.87. The largest absolute Gasteiger partial charge is 0.493 e. The summed E-state index contributed by atoms with van der Waals surface area (Å²) in [5.74, 6) is 1.17. The van der Waals surface area contributed by atoms with E-state index in [9.17, 15) is 8.42 Å². The van der Waals surface area contributed by atoms with Crippen molar-refractivity contribution >= 4 is 10.0 Å². The predicted molar refractivity (Wildman–Crippen MR) is 146 cm³/mol. The van der Waals surface area contributed by atoms with E-state index in [1.165, 1.54) is 5.56 Å². The predicted octanol–water partition coefficient (Wildman–Crippen LogP) is 3.71. The molecule has 8 nitrogen and oxygen atoms in total. The smallest absolute Gasteiger partial charge is 0.221 e. The van der Waals surface area contributed by atoms with E-state index in [0.29, 0.717) is 44.3 Å². The molecule has 0 spiro atoms. The maximum atomic E-state index is 13.8. The molecule has 0 amide bonds. The molecular formula is C29H35N3O5S. The second-order valence-electron chi connectivity index (χ2n) is 9.72. The third-order valence-corrected chi connectivity index (χ3v) is 9.52. The van der Waals surface area contributed by atoms with Crippen LogP contribution in [-0.2, 0) is 28.0 Å². The van der Waals surface area contributed by atoms with Gasteiger partial charge in [0.15, 0.2) is 11.5 Å². The number of benzene rings is 3. The van der Waals surface area contributed by atoms with Crippen molar-refractivity contribution in [2.75, 3.05) is 46.9 Å². The van der Waals surface area contributed by atoms with Gasteiger partial charge in [0.25, 0.3) is 0 Å². The van der Waals surface area contributed by atoms with Crippen molar-refractivity contribution in [2.45, 2.75) is 24.4 Å². The molecule has 0 aliphatic carbocycles. The molecule has 2 fully saturated rings. The van der Waals surface area contributed by atoms with Crippen molar-refractivity contribution in [3.05, 3.63) is 95.6 Å². The summed E-state index contributed by atoms with van der Waals surface area (Å²) in [6, 6.07) is 25.3. The molecule has 2 atom stereocenters. The summed E-state index contributed by atoms with van der Waals surface area (Å²) in [4.78, 5) is 8.06. The first-order valence-electron chi connectivity index (χ1n) is 12.9. The maximum absolute atomic E-state index is 13.8. The van der Waals surface area contributed by atoms with Crippen LogP contribution in [0, 0.1) is 0 Å². The van der Waals surface area contributed by atoms with Gasteiger partial charge in [-0.3, -0.25) is 9.74 Å². The van der Waals surface area contributed by atoms with Gasteiger partial charge in [-0.05, 0) is 28.8 Å². The van der Waals surface area contributed by atoms with Gasteiger partial charge in [-0.15, -0.1) is 0 Å². The first-order valence-corrected chi connectivity index (χ1v) is 14.4. The minimum Gasteiger partial charge on any atom is -0.493 e. The molecule has 3 aromatic rings. The van der Waals surface area contributed by atoms with Crippen LogP contribution in [0.5, 0.6) is 11.5 Å². The lowest BCUT2D eigenvalue weighted by atomic mass is 10.0. The highest BCUT2D eigenvalue weighted by molar-refractivity contribution is 7.89. The fourth-order valence-electron chi connectivity index (χ4n) is 5.17. The Morgan fingerprint density at radius 2 is 1.53 bits per heavy atom. The van der Waals surface area contributed by atoms with Crippen LogP contribution in [0.25, 0.3) is 0 Å². The Labute approximate surface area is 225 Å². The molecule has 202 valence electrons. The molecular weight excluding hydrogens is 502 g/mol. The number of piperazine rings is 1. The Balaban J connectivity index is 1.28. The first-order chi connectivity index (χ1) is 18.5. The minimum atomic E-state index is -3.60. The zero-order chi connectivity index (χ0) is 26.5. The van der Waals surface area contributed by atoms with Gasteiger partial charge in [-0.2, -0.15) is 9.37 Å². The summed E-state index contributed by atoms with van der Waals surface area (Å²) in [5, 5.41) is 0.932. The highest BCUT2D eigenvalue weighted by Gasteiger charge is 2.46. The fourth-order valence-corrected chi connectivity index (χ4v) is 7.11. The van der Waals surface area contributed by atoms with Gasteiger partial charge in [0.05, 0.1) is 19.8 Å². The molecule has 2 aliphatic rings. The molecule has 2 unspecified atom stereocenters. The minimum absolute atomic E-state index is 0.113. The molecule has 0 bridgehead atoms. The zero-order valence-electron chi connectivity index (χ0n) is 21.9. The highest BCUT2D eigenvalue weighted by Crippen LogP contribution is 2.39. The first kappa shape index (κ1) is 26.6. The van der Waals surface area contributed by atoms with Crippen LogP contribution in [0.4, 0.5) is 0 Å². The molecule has 0 N–H and O–H groups in total. The number of rotatable bonds is 9. The van der Waals surface area contributed by atoms with E-state index in [1.807, 2.05) is 66.7 Å². The fraction of sp³-hybridized carbons (Fsp3) is 0.379. The van der Waals surface area contributed by atoms with Gasteiger partial charge in [-0.1, -0.05) is 66.7 Å². The lowest BCUT2D eigenvalue weighted by molar-refractivity contribution is -0.110. The third-order valence-electron chi connectivity index (χ3n) is 7.28. The molecule has 38 heavy (non-hydrogen) atoms. The molecule has 3 aromatic carbocycles. The number of ether oxygens (including phenoxy) is 2. The van der Waals surface area contributed by atoms with E-state index >= 15 is 0 Å². The van der Waals surface area contributed by atoms with Crippen LogP contribution in [0.1, 0.15) is 22.7 Å². The van der Waals surface area contributed by atoms with Gasteiger partial charge in [0.1, 0.15) is 11.9 Å². The number of hydroxylamine groups is 2. The monoisotopic (exact) mass is 537 g/mol. The van der Waals surface area contributed by atoms with Crippen molar-refractivity contribution in [1.82, 2.24) is 14.3 Å². The summed E-state index contributed by atoms with van der Waals surface area (Å²) in [6.45, 7) is 3.69. The Hall–Kier alpha value is -2.95. The van der Waals surface area contributed by atoms with E-state index < -0.39 is 21.3 Å². The standard InChI is InChI=1S/C29H35N3O5S/c1-30-29(25-13-14-26(27(19-25)35-2)36-21-24-11-7-4-8-12-24)28(22-37-30)38(33,34)32-17-15-31(16-18-32)20-23-9-5-3-6-10-23/h3-14,19,28-29H,15-18,20-22H2,1-2H3. The molecule has 5 rings (SSSR count). The van der Waals surface area contributed by atoms with E-state index in [0.717, 1.165) is 17.7 Å². The summed E-state index contributed by atoms with van der Waals surface area (Å²) in [6.07, 6.45) is 0. The van der Waals surface area contributed by atoms with Gasteiger partial charge < -0.3 is 9.47 Å². The molecule has 0 radical (unpaired) electrons. The van der Waals surface area contributed by atoms with Crippen LogP contribution in [-0.4, -0.2) is 74.9 Å². The Morgan fingerprint density at radius 3 is 2.18 bits per heavy atom. The second-order valence-corrected chi connectivity index (χ2v) is 11.9. The Kier molecular flexibility index (Phi) is 8.30. The number of hydrogen-bond donors (Lipinski definition) is 0. The number of sulfonamides is 1. The topological polar surface area (TPSA) is 71.6 Å². The quantitative estimate of drug-likeness (QED) is 0.412. The Morgan fingerprint density at radius 1 is 0.868 bits per heavy atom. The molecule has 2 heterocycles. The summed E-state index contributed by atoms with van der Waals surface area (Å²) >= 11 is 0. The van der Waals surface area contributed by atoms with Crippen molar-refractivity contribution in [2.24, 2.45) is 0 Å². The van der Waals surface area contributed by atoms with Crippen LogP contribution in [0.15, 0.2) is 78.9 Å². The van der Waals surface area contributed by atoms with Gasteiger partial charge in [0.2, 0.25) is 10.0 Å². The van der Waals surface area contributed by atoms with Crippen molar-refractivity contribution in [1.29, 1.82) is 0 Å². The molecule has 2 saturated heterocycles. The summed E-state index contributed by atoms with van der Waals surface area (Å²) in [7, 11) is -0.224. The lowest BCUT2D eigenvalue weighted by Gasteiger charge is -2.36. The van der Waals surface area contributed by atoms with E-state index in [4.69, 9.17) is 14.3 Å². The SMILES string of the molecule is COc1cc(C2C(S(=O)(=O)N3CCN(Cc4ccccc4)CC3)CON2C)ccc1OCc1ccccc1. The molecule has 0 saturated carbocycles. The molecule has 2 aliphatic heterocycles. The van der Waals surface area contributed by atoms with Crippen LogP contribution >= 0.6 is 0 Å². The summed E-state index contributed by atoms with van der Waals surface area (Å²) in [5.41, 5.74) is 3.10. The summed E-state index contributed by atoms with van der Waals surface area (Å²) < 4.78 is 40.9. The van der Waals surface area contributed by atoms with Crippen molar-refractivity contribution < 1.29 is 22.7 Å². The lowest BCUT2D eigenvalue weighted by Crippen LogP contribution is -2.51. The van der Waals surface area contributed by atoms with Gasteiger partial charge in [-0.25, -0.2) is 8.42 Å². The number of methoxy groups -OCH3 is 1. The van der Waals surface area contributed by atoms with E-state index in [-0.39, 0.29) is 6.61 Å².